The van der Waals surface area contributed by atoms with Gasteiger partial charge in [-0.05, 0) is 37.5 Å². The second-order valence-electron chi connectivity index (χ2n) is 6.29. The van der Waals surface area contributed by atoms with Crippen molar-refractivity contribution in [2.75, 3.05) is 0 Å². The number of allylic oxidation sites excluding steroid dienone is 2. The van der Waals surface area contributed by atoms with Gasteiger partial charge in [-0.1, -0.05) is 25.0 Å². The maximum Gasteiger partial charge on any atom is 0.307 e. The number of hydrazine groups is 1. The van der Waals surface area contributed by atoms with Gasteiger partial charge in [0.05, 0.1) is 11.8 Å². The van der Waals surface area contributed by atoms with Crippen molar-refractivity contribution < 1.29 is 14.7 Å². The molecule has 0 saturated carbocycles. The molecule has 2 rings (SSSR count). The van der Waals surface area contributed by atoms with Gasteiger partial charge in [-0.3, -0.25) is 15.0 Å². The van der Waals surface area contributed by atoms with Crippen molar-refractivity contribution in [2.24, 2.45) is 23.1 Å². The van der Waals surface area contributed by atoms with E-state index in [1.165, 1.54) is 11.1 Å². The Morgan fingerprint density at radius 2 is 2.00 bits per heavy atom. The molecule has 4 N–H and O–H groups in total. The van der Waals surface area contributed by atoms with Crippen molar-refractivity contribution in [1.82, 2.24) is 5.43 Å². The number of nitrogens with two attached hydrogens (primary N) is 1. The number of amides is 1. The van der Waals surface area contributed by atoms with Gasteiger partial charge >= 0.3 is 5.97 Å². The standard InChI is InChI=1S/C14H22N2O3/c1-14(2)5-3-4-8-6-9(12(17)16-15)10(13(18)19)7-11(8)14/h9-10H,3-7,15H2,1-2H3,(H,16,17)(H,18,19). The number of hydrogen-bond donors (Lipinski definition) is 3. The highest BCUT2D eigenvalue weighted by molar-refractivity contribution is 5.85. The average molecular weight is 266 g/mol. The summed E-state index contributed by atoms with van der Waals surface area (Å²) in [5.74, 6) is 2.73. The number of aliphatic carboxylic acids is 1. The van der Waals surface area contributed by atoms with E-state index in [1.807, 2.05) is 0 Å². The topological polar surface area (TPSA) is 92.4 Å². The Bertz CT molecular complexity index is 440. The maximum absolute atomic E-state index is 11.8. The number of carbonyl (C=O) groups excluding carboxylic acids is 1. The molecule has 0 saturated heterocycles. The molecule has 0 radical (unpaired) electrons. The van der Waals surface area contributed by atoms with Gasteiger partial charge < -0.3 is 5.11 Å². The van der Waals surface area contributed by atoms with Crippen molar-refractivity contribution in [3.05, 3.63) is 11.1 Å². The van der Waals surface area contributed by atoms with Crippen LogP contribution in [0.5, 0.6) is 0 Å². The molecule has 0 heterocycles. The van der Waals surface area contributed by atoms with Crippen LogP contribution in [-0.4, -0.2) is 17.0 Å². The first-order valence-electron chi connectivity index (χ1n) is 6.81. The highest BCUT2D eigenvalue weighted by atomic mass is 16.4. The zero-order valence-corrected chi connectivity index (χ0v) is 11.5. The lowest BCUT2D eigenvalue weighted by Gasteiger charge is -2.42. The van der Waals surface area contributed by atoms with Gasteiger partial charge in [0.25, 0.3) is 0 Å². The monoisotopic (exact) mass is 266 g/mol. The van der Waals surface area contributed by atoms with Crippen LogP contribution in [0, 0.1) is 17.3 Å². The van der Waals surface area contributed by atoms with E-state index in [0.29, 0.717) is 12.8 Å². The molecule has 106 valence electrons. The zero-order chi connectivity index (χ0) is 14.2. The first-order chi connectivity index (χ1) is 8.86. The van der Waals surface area contributed by atoms with Crippen molar-refractivity contribution >= 4 is 11.9 Å². The zero-order valence-electron chi connectivity index (χ0n) is 11.5. The Morgan fingerprint density at radius 1 is 1.32 bits per heavy atom. The van der Waals surface area contributed by atoms with E-state index in [9.17, 15) is 14.7 Å². The number of nitrogens with one attached hydrogen (secondary N) is 1. The van der Waals surface area contributed by atoms with E-state index in [2.05, 4.69) is 19.3 Å². The summed E-state index contributed by atoms with van der Waals surface area (Å²) in [6.45, 7) is 4.34. The molecule has 0 fully saturated rings. The predicted molar refractivity (Wildman–Crippen MR) is 70.8 cm³/mol. The van der Waals surface area contributed by atoms with Crippen molar-refractivity contribution in [3.63, 3.8) is 0 Å². The maximum atomic E-state index is 11.8. The molecule has 0 aliphatic heterocycles. The first-order valence-corrected chi connectivity index (χ1v) is 6.81. The van der Waals surface area contributed by atoms with Gasteiger partial charge in [0.2, 0.25) is 5.91 Å². The fourth-order valence-electron chi connectivity index (χ4n) is 3.58. The Balaban J connectivity index is 2.35. The molecule has 1 amide bonds. The highest BCUT2D eigenvalue weighted by Crippen LogP contribution is 2.49. The molecule has 2 aliphatic rings. The molecule has 0 aromatic heterocycles. The molecule has 19 heavy (non-hydrogen) atoms. The summed E-state index contributed by atoms with van der Waals surface area (Å²) in [6.07, 6.45) is 4.21. The molecule has 0 bridgehead atoms. The molecule has 0 aromatic rings. The summed E-state index contributed by atoms with van der Waals surface area (Å²) in [5, 5.41) is 9.37. The van der Waals surface area contributed by atoms with Gasteiger partial charge in [0, 0.05) is 0 Å². The smallest absolute Gasteiger partial charge is 0.307 e. The minimum Gasteiger partial charge on any atom is -0.481 e. The van der Waals surface area contributed by atoms with Gasteiger partial charge in [-0.15, -0.1) is 0 Å². The molecular weight excluding hydrogens is 244 g/mol. The quantitative estimate of drug-likeness (QED) is 0.306. The van der Waals surface area contributed by atoms with Crippen LogP contribution in [0.3, 0.4) is 0 Å². The van der Waals surface area contributed by atoms with E-state index in [-0.39, 0.29) is 11.3 Å². The van der Waals surface area contributed by atoms with Crippen LogP contribution in [0.2, 0.25) is 0 Å². The van der Waals surface area contributed by atoms with Gasteiger partial charge in [0.15, 0.2) is 0 Å². The Kier molecular flexibility index (Phi) is 3.67. The summed E-state index contributed by atoms with van der Waals surface area (Å²) in [4.78, 5) is 23.2. The normalized spacial score (nSPS) is 29.6. The first kappa shape index (κ1) is 14.1. The fourth-order valence-corrected chi connectivity index (χ4v) is 3.58. The SMILES string of the molecule is CC1(C)CCCC2=C1CC(C(=O)O)C(C(=O)NN)C2. The van der Waals surface area contributed by atoms with Crippen LogP contribution in [0.25, 0.3) is 0 Å². The largest absolute Gasteiger partial charge is 0.481 e. The molecule has 5 heteroatoms. The Labute approximate surface area is 113 Å². The van der Waals surface area contributed by atoms with Crippen LogP contribution >= 0.6 is 0 Å². The molecule has 2 aliphatic carbocycles. The highest BCUT2D eigenvalue weighted by Gasteiger charge is 2.43. The molecule has 2 atom stereocenters. The van der Waals surface area contributed by atoms with E-state index < -0.39 is 17.8 Å². The third kappa shape index (κ3) is 2.52. The number of carbonyl (C=O) groups is 2. The fraction of sp³-hybridized carbons (Fsp3) is 0.714. The van der Waals surface area contributed by atoms with E-state index >= 15 is 0 Å². The van der Waals surface area contributed by atoms with Crippen molar-refractivity contribution in [2.45, 2.75) is 46.0 Å². The molecule has 0 aromatic carbocycles. The third-order valence-electron chi connectivity index (χ3n) is 4.70. The third-order valence-corrected chi connectivity index (χ3v) is 4.70. The van der Waals surface area contributed by atoms with Crippen LogP contribution in [0.4, 0.5) is 0 Å². The minimum atomic E-state index is -0.901. The van der Waals surface area contributed by atoms with Crippen LogP contribution in [0.15, 0.2) is 11.1 Å². The van der Waals surface area contributed by atoms with Crippen LogP contribution in [-0.2, 0) is 9.59 Å². The van der Waals surface area contributed by atoms with E-state index in [0.717, 1.165) is 19.3 Å². The number of carboxylic acids is 1. The van der Waals surface area contributed by atoms with Crippen molar-refractivity contribution in [3.8, 4) is 0 Å². The summed E-state index contributed by atoms with van der Waals surface area (Å²) < 4.78 is 0. The number of hydrogen-bond acceptors (Lipinski definition) is 3. The van der Waals surface area contributed by atoms with Crippen LogP contribution in [0.1, 0.15) is 46.0 Å². The van der Waals surface area contributed by atoms with Crippen molar-refractivity contribution in [1.29, 1.82) is 0 Å². The summed E-state index contributed by atoms with van der Waals surface area (Å²) in [7, 11) is 0. The van der Waals surface area contributed by atoms with Gasteiger partial charge in [-0.2, -0.15) is 0 Å². The predicted octanol–water partition coefficient (Wildman–Crippen LogP) is 1.59. The van der Waals surface area contributed by atoms with E-state index in [4.69, 9.17) is 5.84 Å². The average Bonchev–Trinajstić information content (AvgIpc) is 2.36. The molecule has 0 spiro atoms. The van der Waals surface area contributed by atoms with Gasteiger partial charge in [0.1, 0.15) is 0 Å². The lowest BCUT2D eigenvalue weighted by atomic mass is 9.63. The van der Waals surface area contributed by atoms with E-state index in [1.54, 1.807) is 0 Å². The second kappa shape index (κ2) is 4.96. The lowest BCUT2D eigenvalue weighted by molar-refractivity contribution is -0.147. The molecule has 5 nitrogen and oxygen atoms in total. The number of rotatable bonds is 2. The lowest BCUT2D eigenvalue weighted by Crippen LogP contribution is -2.44. The second-order valence-corrected chi connectivity index (χ2v) is 6.29. The minimum absolute atomic E-state index is 0.0610. The summed E-state index contributed by atoms with van der Waals surface area (Å²) in [6, 6.07) is 0. The van der Waals surface area contributed by atoms with Gasteiger partial charge in [-0.25, -0.2) is 5.84 Å². The number of carboxylic acid groups (broad SMARTS) is 1. The molecule has 2 unspecified atom stereocenters. The Morgan fingerprint density at radius 3 is 2.58 bits per heavy atom. The van der Waals surface area contributed by atoms with Crippen LogP contribution < -0.4 is 11.3 Å². The Hall–Kier alpha value is -1.36. The molecular formula is C14H22N2O3. The summed E-state index contributed by atoms with van der Waals surface area (Å²) in [5.41, 5.74) is 4.71. The summed E-state index contributed by atoms with van der Waals surface area (Å²) >= 11 is 0.